The van der Waals surface area contributed by atoms with Gasteiger partial charge in [0, 0.05) is 30.4 Å². The van der Waals surface area contributed by atoms with Crippen molar-refractivity contribution in [3.05, 3.63) is 29.3 Å². The van der Waals surface area contributed by atoms with Gasteiger partial charge in [-0.15, -0.1) is 24.8 Å². The molecular formula is C16H29Cl2N3O. The van der Waals surface area contributed by atoms with Crippen molar-refractivity contribution in [2.75, 3.05) is 25.5 Å². The lowest BCUT2D eigenvalue weighted by atomic mass is 10.0. The summed E-state index contributed by atoms with van der Waals surface area (Å²) in [5.41, 5.74) is 2.77. The molecule has 0 aliphatic heterocycles. The molecule has 0 bridgehead atoms. The van der Waals surface area contributed by atoms with Gasteiger partial charge in [0.2, 0.25) is 0 Å². The molecule has 0 radical (unpaired) electrons. The van der Waals surface area contributed by atoms with Crippen molar-refractivity contribution in [3.8, 4) is 0 Å². The third-order valence-corrected chi connectivity index (χ3v) is 3.62. The van der Waals surface area contributed by atoms with E-state index in [-0.39, 0.29) is 30.7 Å². The van der Waals surface area contributed by atoms with Crippen molar-refractivity contribution < 1.29 is 4.79 Å². The van der Waals surface area contributed by atoms with Gasteiger partial charge in [-0.05, 0) is 44.5 Å². The van der Waals surface area contributed by atoms with Gasteiger partial charge < -0.3 is 16.0 Å². The van der Waals surface area contributed by atoms with Crippen LogP contribution in [0.2, 0.25) is 0 Å². The molecule has 0 saturated heterocycles. The number of anilines is 1. The quantitative estimate of drug-likeness (QED) is 0.662. The third kappa shape index (κ3) is 6.86. The van der Waals surface area contributed by atoms with Crippen LogP contribution in [0.5, 0.6) is 0 Å². The first-order chi connectivity index (χ1) is 9.47. The first-order valence-corrected chi connectivity index (χ1v) is 7.26. The van der Waals surface area contributed by atoms with Crippen molar-refractivity contribution >= 4 is 36.4 Å². The fourth-order valence-electron chi connectivity index (χ4n) is 1.85. The predicted molar refractivity (Wildman–Crippen MR) is 99.9 cm³/mol. The predicted octanol–water partition coefficient (Wildman–Crippen LogP) is 3.24. The number of nitrogens with one attached hydrogen (secondary N) is 3. The molecule has 0 aromatic heterocycles. The standard InChI is InChI=1S/C16H27N3O.2ClH/c1-11(2)13(4)19-15-8-6-7-14(12(15)3)16(20)18-10-9-17-5;;/h6-8,11,13,17,19H,9-10H2,1-5H3,(H,18,20);2*1H. The maximum atomic E-state index is 12.1. The average molecular weight is 350 g/mol. The Labute approximate surface area is 146 Å². The molecule has 3 N–H and O–H groups in total. The van der Waals surface area contributed by atoms with E-state index in [1.54, 1.807) is 0 Å². The van der Waals surface area contributed by atoms with E-state index in [9.17, 15) is 4.79 Å². The normalized spacial score (nSPS) is 11.2. The highest BCUT2D eigenvalue weighted by Crippen LogP contribution is 2.21. The smallest absolute Gasteiger partial charge is 0.251 e. The molecular weight excluding hydrogens is 321 g/mol. The summed E-state index contributed by atoms with van der Waals surface area (Å²) in [4.78, 5) is 12.1. The Hall–Kier alpha value is -0.970. The second-order valence-electron chi connectivity index (χ2n) is 5.51. The minimum atomic E-state index is -0.0152. The largest absolute Gasteiger partial charge is 0.382 e. The van der Waals surface area contributed by atoms with E-state index in [2.05, 4.69) is 36.7 Å². The van der Waals surface area contributed by atoms with Crippen molar-refractivity contribution in [2.45, 2.75) is 33.7 Å². The Bertz CT molecular complexity index is 453. The second-order valence-corrected chi connectivity index (χ2v) is 5.51. The Morgan fingerprint density at radius 2 is 1.77 bits per heavy atom. The van der Waals surface area contributed by atoms with Gasteiger partial charge in [0.05, 0.1) is 0 Å². The summed E-state index contributed by atoms with van der Waals surface area (Å²) >= 11 is 0. The van der Waals surface area contributed by atoms with Crippen molar-refractivity contribution in [3.63, 3.8) is 0 Å². The molecule has 0 saturated carbocycles. The molecule has 1 rings (SSSR count). The fraction of sp³-hybridized carbons (Fsp3) is 0.562. The number of amides is 1. The number of hydrogen-bond donors (Lipinski definition) is 3. The van der Waals surface area contributed by atoms with E-state index in [0.29, 0.717) is 18.5 Å². The highest BCUT2D eigenvalue weighted by Gasteiger charge is 2.13. The topological polar surface area (TPSA) is 53.2 Å². The SMILES string of the molecule is CNCCNC(=O)c1cccc(NC(C)C(C)C)c1C.Cl.Cl. The van der Waals surface area contributed by atoms with Gasteiger partial charge in [0.25, 0.3) is 5.91 Å². The Morgan fingerprint density at radius 1 is 1.14 bits per heavy atom. The Balaban J connectivity index is 0. The van der Waals surface area contributed by atoms with Crippen LogP contribution in [0.25, 0.3) is 0 Å². The lowest BCUT2D eigenvalue weighted by Gasteiger charge is -2.21. The van der Waals surface area contributed by atoms with E-state index in [4.69, 9.17) is 0 Å². The number of likely N-dealkylation sites (N-methyl/N-ethyl adjacent to an activating group) is 1. The first kappa shape index (κ1) is 23.3. The number of rotatable bonds is 7. The number of hydrogen-bond acceptors (Lipinski definition) is 3. The van der Waals surface area contributed by atoms with Gasteiger partial charge in [0.15, 0.2) is 0 Å². The molecule has 1 unspecified atom stereocenters. The molecule has 22 heavy (non-hydrogen) atoms. The Morgan fingerprint density at radius 3 is 2.32 bits per heavy atom. The average Bonchev–Trinajstić information content (AvgIpc) is 2.41. The minimum Gasteiger partial charge on any atom is -0.382 e. The van der Waals surface area contributed by atoms with Gasteiger partial charge in [-0.2, -0.15) is 0 Å². The Kier molecular flexibility index (Phi) is 12.3. The maximum Gasteiger partial charge on any atom is 0.251 e. The lowest BCUT2D eigenvalue weighted by molar-refractivity contribution is 0.0953. The molecule has 0 spiro atoms. The van der Waals surface area contributed by atoms with Gasteiger partial charge in [0.1, 0.15) is 0 Å². The maximum absolute atomic E-state index is 12.1. The number of halogens is 2. The molecule has 128 valence electrons. The van der Waals surface area contributed by atoms with Gasteiger partial charge in [-0.3, -0.25) is 4.79 Å². The van der Waals surface area contributed by atoms with Crippen LogP contribution in [0, 0.1) is 12.8 Å². The summed E-state index contributed by atoms with van der Waals surface area (Å²) in [6, 6.07) is 6.19. The third-order valence-electron chi connectivity index (χ3n) is 3.62. The van der Waals surface area contributed by atoms with E-state index in [0.717, 1.165) is 23.4 Å². The van der Waals surface area contributed by atoms with Crippen LogP contribution >= 0.6 is 24.8 Å². The van der Waals surface area contributed by atoms with Gasteiger partial charge in [-0.25, -0.2) is 0 Å². The molecule has 0 heterocycles. The van der Waals surface area contributed by atoms with Crippen LogP contribution < -0.4 is 16.0 Å². The van der Waals surface area contributed by atoms with Crippen LogP contribution in [0.1, 0.15) is 36.7 Å². The molecule has 0 fully saturated rings. The van der Waals surface area contributed by atoms with Crippen LogP contribution in [-0.4, -0.2) is 32.1 Å². The monoisotopic (exact) mass is 349 g/mol. The van der Waals surface area contributed by atoms with Crippen LogP contribution in [0.15, 0.2) is 18.2 Å². The summed E-state index contributed by atoms with van der Waals surface area (Å²) in [5, 5.41) is 9.41. The highest BCUT2D eigenvalue weighted by atomic mass is 35.5. The van der Waals surface area contributed by atoms with E-state index >= 15 is 0 Å². The molecule has 0 aliphatic rings. The van der Waals surface area contributed by atoms with E-state index < -0.39 is 0 Å². The zero-order valence-corrected chi connectivity index (χ0v) is 15.7. The van der Waals surface area contributed by atoms with Crippen LogP contribution in [-0.2, 0) is 0 Å². The van der Waals surface area contributed by atoms with Crippen LogP contribution in [0.3, 0.4) is 0 Å². The number of carbonyl (C=O) groups is 1. The van der Waals surface area contributed by atoms with E-state index in [1.807, 2.05) is 32.2 Å². The zero-order chi connectivity index (χ0) is 15.1. The molecule has 1 atom stereocenters. The molecule has 6 heteroatoms. The first-order valence-electron chi connectivity index (χ1n) is 7.26. The van der Waals surface area contributed by atoms with Gasteiger partial charge >= 0.3 is 0 Å². The minimum absolute atomic E-state index is 0. The van der Waals surface area contributed by atoms with Crippen molar-refractivity contribution in [2.24, 2.45) is 5.92 Å². The molecule has 0 aliphatic carbocycles. The summed E-state index contributed by atoms with van der Waals surface area (Å²) in [7, 11) is 1.87. The summed E-state index contributed by atoms with van der Waals surface area (Å²) in [6.45, 7) is 9.91. The fourth-order valence-corrected chi connectivity index (χ4v) is 1.85. The molecule has 4 nitrogen and oxygen atoms in total. The molecule has 1 aromatic rings. The second kappa shape index (κ2) is 11.6. The number of benzene rings is 1. The van der Waals surface area contributed by atoms with Gasteiger partial charge in [-0.1, -0.05) is 19.9 Å². The molecule has 1 amide bonds. The van der Waals surface area contributed by atoms with Crippen molar-refractivity contribution in [1.29, 1.82) is 0 Å². The number of carbonyl (C=O) groups excluding carboxylic acids is 1. The zero-order valence-electron chi connectivity index (χ0n) is 14.0. The molecule has 1 aromatic carbocycles. The lowest BCUT2D eigenvalue weighted by Crippen LogP contribution is -2.31. The summed E-state index contributed by atoms with van der Waals surface area (Å²) < 4.78 is 0. The van der Waals surface area contributed by atoms with Crippen LogP contribution in [0.4, 0.5) is 5.69 Å². The van der Waals surface area contributed by atoms with E-state index in [1.165, 1.54) is 0 Å². The summed E-state index contributed by atoms with van der Waals surface area (Å²) in [6.07, 6.45) is 0. The van der Waals surface area contributed by atoms with Crippen molar-refractivity contribution in [1.82, 2.24) is 10.6 Å². The highest BCUT2D eigenvalue weighted by molar-refractivity contribution is 5.97. The summed E-state index contributed by atoms with van der Waals surface area (Å²) in [5.74, 6) is 0.529.